The minimum absolute atomic E-state index is 0. The van der Waals surface area contributed by atoms with Crippen LogP contribution in [-0.2, 0) is 23.6 Å². The molecule has 0 saturated heterocycles. The van der Waals surface area contributed by atoms with E-state index in [2.05, 4.69) is 197 Å². The predicted octanol–water partition coefficient (Wildman–Crippen LogP) is 10.9. The Morgan fingerprint density at radius 2 is 0.918 bits per heavy atom. The van der Waals surface area contributed by atoms with Gasteiger partial charge in [-0.15, -0.1) is 11.3 Å². The first kappa shape index (κ1) is 45.1. The van der Waals surface area contributed by atoms with Crippen LogP contribution in [0.2, 0.25) is 0 Å². The second-order valence-electron chi connectivity index (χ2n) is 13.3. The van der Waals surface area contributed by atoms with Crippen LogP contribution in [-0.4, -0.2) is 21.8 Å². The van der Waals surface area contributed by atoms with Gasteiger partial charge in [0, 0.05) is 11.9 Å². The first-order chi connectivity index (χ1) is 29.3. The molecule has 61 heavy (non-hydrogen) atoms. The van der Waals surface area contributed by atoms with Gasteiger partial charge in [-0.1, -0.05) is 109 Å². The monoisotopic (exact) mass is 919 g/mol. The SMILES string of the molecule is CCn1c(-c2cscn2)nc2ccccc21.F[B-](F)(F)F.[Cu+].c1ccc([PH+](c2ccccc2)c2ccccc2Oc2ccccc2[PH+](c2ccccc2)c2ccccc2)cc1. The molecule has 0 bridgehead atoms. The van der Waals surface area contributed by atoms with E-state index in [1.165, 1.54) is 37.3 Å². The topological polar surface area (TPSA) is 39.9 Å². The number of thiazole rings is 1. The zero-order valence-electron chi connectivity index (χ0n) is 32.9. The summed E-state index contributed by atoms with van der Waals surface area (Å²) in [4.78, 5) is 8.96. The molecule has 0 aliphatic carbocycles. The van der Waals surface area contributed by atoms with Crippen LogP contribution in [0.1, 0.15) is 6.92 Å². The molecule has 0 atom stereocenters. The molecule has 0 amide bonds. The Hall–Kier alpha value is -5.40. The maximum Gasteiger partial charge on any atom is 1.00 e. The summed E-state index contributed by atoms with van der Waals surface area (Å²) in [5.41, 5.74) is 5.01. The van der Waals surface area contributed by atoms with Crippen LogP contribution in [0.5, 0.6) is 11.5 Å². The molecule has 0 spiro atoms. The van der Waals surface area contributed by atoms with Gasteiger partial charge in [0.2, 0.25) is 0 Å². The number of hydrogen-bond acceptors (Lipinski definition) is 4. The number of halogens is 4. The van der Waals surface area contributed by atoms with Crippen molar-refractivity contribution in [1.29, 1.82) is 0 Å². The molecule has 0 aliphatic heterocycles. The Bertz CT molecular complexity index is 2490. The number of ether oxygens (including phenoxy) is 1. The van der Waals surface area contributed by atoms with Crippen molar-refractivity contribution >= 4 is 77.3 Å². The van der Waals surface area contributed by atoms with Crippen molar-refractivity contribution in [2.75, 3.05) is 0 Å². The van der Waals surface area contributed by atoms with Crippen LogP contribution < -0.4 is 36.6 Å². The van der Waals surface area contributed by atoms with Crippen molar-refractivity contribution in [3.05, 3.63) is 205 Å². The minimum Gasteiger partial charge on any atom is -0.449 e. The van der Waals surface area contributed by atoms with Crippen LogP contribution in [0.25, 0.3) is 22.6 Å². The number of hydrogen-bond donors (Lipinski definition) is 0. The number of aryl methyl sites for hydroxylation is 1. The summed E-state index contributed by atoms with van der Waals surface area (Å²) in [6.07, 6.45) is 0. The number of benzene rings is 7. The number of para-hydroxylation sites is 4. The van der Waals surface area contributed by atoms with Gasteiger partial charge < -0.3 is 26.6 Å². The van der Waals surface area contributed by atoms with Gasteiger partial charge in [-0.05, 0) is 91.9 Å². The van der Waals surface area contributed by atoms with Gasteiger partial charge in [-0.25, -0.2) is 9.97 Å². The molecule has 0 unspecified atom stereocenters. The van der Waals surface area contributed by atoms with E-state index in [4.69, 9.17) is 4.74 Å². The summed E-state index contributed by atoms with van der Waals surface area (Å²) in [5.74, 6) is 2.81. The molecule has 9 rings (SSSR count). The smallest absolute Gasteiger partial charge is 0.449 e. The molecule has 0 saturated carbocycles. The molecule has 7 aromatic carbocycles. The molecular formula is C48H41BCuF4N3OP2S+2. The predicted molar refractivity (Wildman–Crippen MR) is 250 cm³/mol. The average Bonchev–Trinajstić information content (AvgIpc) is 3.95. The standard InChI is InChI=1S/C36H28OP2.C12H11N3S.BF4.Cu/c1-5-17-29(18-6-1)38(30-19-7-2-8-20-30)35-27-15-13-25-33(35)37-34-26-14-16-28-36(34)39(31-21-9-3-10-22-31)32-23-11-4-12-24-32;1-2-15-11-6-4-3-5-9(11)14-12(15)10-7-16-8-13-10;2-1(3,4)5;/h1-28H;3-8H,2H2,1H3;;/q;;-1;+1/p+2. The van der Waals surface area contributed by atoms with Crippen LogP contribution in [0.4, 0.5) is 17.3 Å². The van der Waals surface area contributed by atoms with Crippen LogP contribution in [0.3, 0.4) is 0 Å². The number of imidazole rings is 1. The molecule has 9 aromatic rings. The van der Waals surface area contributed by atoms with E-state index < -0.39 is 23.1 Å². The number of nitrogens with zero attached hydrogens (tertiary/aromatic N) is 3. The number of rotatable bonds is 10. The Labute approximate surface area is 370 Å². The van der Waals surface area contributed by atoms with Crippen molar-refractivity contribution in [1.82, 2.24) is 14.5 Å². The quantitative estimate of drug-likeness (QED) is 0.0780. The van der Waals surface area contributed by atoms with E-state index in [0.29, 0.717) is 0 Å². The zero-order chi connectivity index (χ0) is 41.7. The van der Waals surface area contributed by atoms with E-state index in [1.807, 2.05) is 29.1 Å². The van der Waals surface area contributed by atoms with Crippen LogP contribution in [0.15, 0.2) is 205 Å². The molecule has 0 radical (unpaired) electrons. The summed E-state index contributed by atoms with van der Waals surface area (Å²) in [6, 6.07) is 68.8. The minimum atomic E-state index is -6.00. The van der Waals surface area contributed by atoms with Crippen molar-refractivity contribution in [3.8, 4) is 23.0 Å². The number of fused-ring (bicyclic) bond motifs is 1. The normalized spacial score (nSPS) is 10.9. The summed E-state index contributed by atoms with van der Waals surface area (Å²) in [7, 11) is -8.56. The van der Waals surface area contributed by atoms with Gasteiger partial charge in [0.05, 0.1) is 16.5 Å². The largest absolute Gasteiger partial charge is 1.00 e. The molecular weight excluding hydrogens is 879 g/mol. The fraction of sp³-hybridized carbons (Fsp3) is 0.0417. The summed E-state index contributed by atoms with van der Waals surface area (Å²) in [5, 5.41) is 9.92. The van der Waals surface area contributed by atoms with Crippen LogP contribution in [0, 0.1) is 0 Å². The number of aromatic nitrogens is 3. The molecule has 2 aromatic heterocycles. The second kappa shape index (κ2) is 21.9. The van der Waals surface area contributed by atoms with Gasteiger partial charge in [-0.3, -0.25) is 0 Å². The maximum atomic E-state index is 9.75. The molecule has 0 N–H and O–H groups in total. The van der Waals surface area contributed by atoms with Crippen LogP contribution >= 0.6 is 27.2 Å². The molecule has 0 fully saturated rings. The molecule has 4 nitrogen and oxygen atoms in total. The van der Waals surface area contributed by atoms with E-state index in [-0.39, 0.29) is 17.1 Å². The van der Waals surface area contributed by atoms with Gasteiger partial charge in [0.25, 0.3) is 0 Å². The molecule has 2 heterocycles. The van der Waals surface area contributed by atoms with E-state index in [1.54, 1.807) is 11.3 Å². The molecule has 13 heteroatoms. The average molecular weight is 920 g/mol. The second-order valence-corrected chi connectivity index (χ2v) is 19.0. The third kappa shape index (κ3) is 11.9. The fourth-order valence-electron chi connectivity index (χ4n) is 6.93. The third-order valence-electron chi connectivity index (χ3n) is 9.41. The first-order valence-corrected chi connectivity index (χ1v) is 23.3. The Morgan fingerprint density at radius 1 is 0.541 bits per heavy atom. The van der Waals surface area contributed by atoms with Crippen molar-refractivity contribution in [2.24, 2.45) is 0 Å². The fourth-order valence-corrected chi connectivity index (χ4v) is 12.8. The zero-order valence-corrected chi connectivity index (χ0v) is 36.6. The Kier molecular flexibility index (Phi) is 16.2. The summed E-state index contributed by atoms with van der Waals surface area (Å²) < 4.78 is 48.1. The Balaban J connectivity index is 0.000000233. The van der Waals surface area contributed by atoms with Gasteiger partial charge in [0.1, 0.15) is 53.4 Å². The first-order valence-electron chi connectivity index (χ1n) is 19.3. The van der Waals surface area contributed by atoms with Crippen molar-refractivity contribution < 1.29 is 39.1 Å². The van der Waals surface area contributed by atoms with E-state index in [9.17, 15) is 17.3 Å². The van der Waals surface area contributed by atoms with Gasteiger partial charge in [0.15, 0.2) is 17.3 Å². The van der Waals surface area contributed by atoms with E-state index in [0.717, 1.165) is 35.1 Å². The molecule has 0 aliphatic rings. The van der Waals surface area contributed by atoms with Crippen molar-refractivity contribution in [3.63, 3.8) is 0 Å². The third-order valence-corrected chi connectivity index (χ3v) is 15.5. The molecule has 310 valence electrons. The maximum absolute atomic E-state index is 9.75. The summed E-state index contributed by atoms with van der Waals surface area (Å²) >= 11 is 1.60. The van der Waals surface area contributed by atoms with E-state index >= 15 is 0 Å². The van der Waals surface area contributed by atoms with Gasteiger partial charge in [-0.2, -0.15) is 0 Å². The van der Waals surface area contributed by atoms with Crippen molar-refractivity contribution in [2.45, 2.75) is 13.5 Å². The summed E-state index contributed by atoms with van der Waals surface area (Å²) in [6.45, 7) is 3.04. The Morgan fingerprint density at radius 3 is 1.31 bits per heavy atom. The van der Waals surface area contributed by atoms with Gasteiger partial charge >= 0.3 is 24.3 Å².